The van der Waals surface area contributed by atoms with Gasteiger partial charge < -0.3 is 14.7 Å². The second kappa shape index (κ2) is 4.77. The molecule has 3 rings (SSSR count). The second-order valence-electron chi connectivity index (χ2n) is 6.19. The quantitative estimate of drug-likeness (QED) is 0.909. The Hall–Kier alpha value is -1.55. The summed E-state index contributed by atoms with van der Waals surface area (Å²) in [5.74, 6) is 1.11. The van der Waals surface area contributed by atoms with Crippen molar-refractivity contribution in [1.82, 2.24) is 4.90 Å². The molecule has 1 saturated heterocycles. The van der Waals surface area contributed by atoms with Crippen molar-refractivity contribution in [2.45, 2.75) is 32.3 Å². The molecule has 1 aliphatic heterocycles. The van der Waals surface area contributed by atoms with Gasteiger partial charge in [0.25, 0.3) is 5.91 Å². The molecule has 2 fully saturated rings. The minimum atomic E-state index is -0.616. The highest BCUT2D eigenvalue weighted by molar-refractivity contribution is 5.79. The third-order valence-electron chi connectivity index (χ3n) is 4.30. The predicted octanol–water partition coefficient (Wildman–Crippen LogP) is 1.67. The average molecular weight is 275 g/mol. The van der Waals surface area contributed by atoms with Crippen LogP contribution in [0.4, 0.5) is 0 Å². The molecule has 0 unspecified atom stereocenters. The monoisotopic (exact) mass is 275 g/mol. The van der Waals surface area contributed by atoms with Gasteiger partial charge >= 0.3 is 0 Å². The minimum Gasteiger partial charge on any atom is -0.484 e. The molecule has 1 amide bonds. The van der Waals surface area contributed by atoms with Crippen LogP contribution in [0, 0.1) is 19.8 Å². The number of amides is 1. The summed E-state index contributed by atoms with van der Waals surface area (Å²) < 4.78 is 5.58. The van der Waals surface area contributed by atoms with Crippen LogP contribution in [-0.4, -0.2) is 41.2 Å². The van der Waals surface area contributed by atoms with E-state index in [1.165, 1.54) is 5.56 Å². The van der Waals surface area contributed by atoms with Crippen LogP contribution in [0.1, 0.15) is 24.0 Å². The number of β-amino-alcohol motifs (C(OH)–C–C–N with tert-alkyl or cyclic N) is 1. The maximum Gasteiger partial charge on any atom is 0.260 e. The fourth-order valence-electron chi connectivity index (χ4n) is 2.86. The van der Waals surface area contributed by atoms with Crippen LogP contribution < -0.4 is 4.74 Å². The summed E-state index contributed by atoms with van der Waals surface area (Å²) in [4.78, 5) is 13.7. The first-order valence-corrected chi connectivity index (χ1v) is 7.18. The lowest BCUT2D eigenvalue weighted by atomic mass is 9.89. The van der Waals surface area contributed by atoms with E-state index in [1.54, 1.807) is 4.90 Å². The number of benzene rings is 1. The maximum absolute atomic E-state index is 12.0. The number of aliphatic hydroxyl groups is 1. The molecule has 0 bridgehead atoms. The first kappa shape index (κ1) is 13.4. The first-order valence-electron chi connectivity index (χ1n) is 7.18. The molecule has 1 heterocycles. The molecule has 0 atom stereocenters. The fourth-order valence-corrected chi connectivity index (χ4v) is 2.86. The van der Waals surface area contributed by atoms with Gasteiger partial charge in [-0.15, -0.1) is 0 Å². The van der Waals surface area contributed by atoms with E-state index in [1.807, 2.05) is 32.0 Å². The summed E-state index contributed by atoms with van der Waals surface area (Å²) in [5, 5.41) is 10.2. The van der Waals surface area contributed by atoms with Crippen molar-refractivity contribution < 1.29 is 14.6 Å². The van der Waals surface area contributed by atoms with Crippen molar-refractivity contribution in [3.63, 3.8) is 0 Å². The Morgan fingerprint density at radius 2 is 2.10 bits per heavy atom. The average Bonchev–Trinajstić information content (AvgIpc) is 3.18. The van der Waals surface area contributed by atoms with Gasteiger partial charge in [-0.3, -0.25) is 4.79 Å². The molecular weight excluding hydrogens is 254 g/mol. The Kier molecular flexibility index (Phi) is 3.21. The highest BCUT2D eigenvalue weighted by Gasteiger charge is 2.53. The van der Waals surface area contributed by atoms with E-state index < -0.39 is 5.60 Å². The second-order valence-corrected chi connectivity index (χ2v) is 6.19. The Labute approximate surface area is 119 Å². The topological polar surface area (TPSA) is 49.8 Å². The van der Waals surface area contributed by atoms with E-state index in [-0.39, 0.29) is 12.5 Å². The van der Waals surface area contributed by atoms with E-state index in [0.29, 0.717) is 19.0 Å². The Morgan fingerprint density at radius 3 is 2.70 bits per heavy atom. The molecular formula is C16H21NO3. The van der Waals surface area contributed by atoms with Gasteiger partial charge in [0.1, 0.15) is 11.4 Å². The first-order chi connectivity index (χ1) is 9.48. The molecule has 0 radical (unpaired) electrons. The molecule has 4 heteroatoms. The number of rotatable bonds is 4. The molecule has 1 aromatic rings. The van der Waals surface area contributed by atoms with Crippen molar-refractivity contribution in [2.75, 3.05) is 19.7 Å². The Bertz CT molecular complexity index is 531. The number of nitrogens with zero attached hydrogens (tertiary/aromatic N) is 1. The third kappa shape index (κ3) is 2.52. The molecule has 1 aliphatic carbocycles. The summed E-state index contributed by atoms with van der Waals surface area (Å²) in [6.45, 7) is 4.98. The van der Waals surface area contributed by atoms with E-state index in [4.69, 9.17) is 4.74 Å². The summed E-state index contributed by atoms with van der Waals surface area (Å²) in [6.07, 6.45) is 2.19. The van der Waals surface area contributed by atoms with Crippen LogP contribution in [0.3, 0.4) is 0 Å². The number of carbonyl (C=O) groups excluding carboxylic acids is 1. The molecule has 0 spiro atoms. The van der Waals surface area contributed by atoms with Crippen molar-refractivity contribution in [2.24, 2.45) is 5.92 Å². The SMILES string of the molecule is Cc1ccc(OCC(=O)N2CC(O)(C3CC3)C2)c(C)c1. The highest BCUT2D eigenvalue weighted by Crippen LogP contribution is 2.44. The molecule has 4 nitrogen and oxygen atoms in total. The number of hydrogen-bond donors (Lipinski definition) is 1. The molecule has 108 valence electrons. The van der Waals surface area contributed by atoms with E-state index in [9.17, 15) is 9.90 Å². The lowest BCUT2D eigenvalue weighted by molar-refractivity contribution is -0.161. The van der Waals surface area contributed by atoms with E-state index in [2.05, 4.69) is 0 Å². The third-order valence-corrected chi connectivity index (χ3v) is 4.30. The van der Waals surface area contributed by atoms with Crippen molar-refractivity contribution >= 4 is 5.91 Å². The molecule has 2 aliphatic rings. The molecule has 1 aromatic carbocycles. The van der Waals surface area contributed by atoms with Gasteiger partial charge in [-0.05, 0) is 44.2 Å². The van der Waals surface area contributed by atoms with Crippen LogP contribution in [0.5, 0.6) is 5.75 Å². The van der Waals surface area contributed by atoms with Gasteiger partial charge in [-0.2, -0.15) is 0 Å². The van der Waals surface area contributed by atoms with Crippen LogP contribution in [0.25, 0.3) is 0 Å². The highest BCUT2D eigenvalue weighted by atomic mass is 16.5. The zero-order valence-corrected chi connectivity index (χ0v) is 12.1. The smallest absolute Gasteiger partial charge is 0.260 e. The molecule has 1 N–H and O–H groups in total. The number of aryl methyl sites for hydroxylation is 2. The number of carbonyl (C=O) groups is 1. The number of hydrogen-bond acceptors (Lipinski definition) is 3. The molecule has 1 saturated carbocycles. The zero-order valence-electron chi connectivity index (χ0n) is 12.1. The van der Waals surface area contributed by atoms with E-state index in [0.717, 1.165) is 24.2 Å². The van der Waals surface area contributed by atoms with Crippen LogP contribution in [0.15, 0.2) is 18.2 Å². The lowest BCUT2D eigenvalue weighted by Gasteiger charge is -2.46. The van der Waals surface area contributed by atoms with Gasteiger partial charge in [0.2, 0.25) is 0 Å². The number of ether oxygens (including phenoxy) is 1. The predicted molar refractivity (Wildman–Crippen MR) is 75.7 cm³/mol. The van der Waals surface area contributed by atoms with Gasteiger partial charge in [0, 0.05) is 0 Å². The maximum atomic E-state index is 12.0. The van der Waals surface area contributed by atoms with Crippen LogP contribution >= 0.6 is 0 Å². The molecule has 20 heavy (non-hydrogen) atoms. The van der Waals surface area contributed by atoms with Gasteiger partial charge in [-0.1, -0.05) is 17.7 Å². The summed E-state index contributed by atoms with van der Waals surface area (Å²) >= 11 is 0. The van der Waals surface area contributed by atoms with Crippen LogP contribution in [-0.2, 0) is 4.79 Å². The zero-order chi connectivity index (χ0) is 14.3. The van der Waals surface area contributed by atoms with Crippen molar-refractivity contribution in [3.8, 4) is 5.75 Å². The standard InChI is InChI=1S/C16H21NO3/c1-11-3-6-14(12(2)7-11)20-8-15(18)17-9-16(19,10-17)13-4-5-13/h3,6-7,13,19H,4-5,8-10H2,1-2H3. The Morgan fingerprint density at radius 1 is 1.40 bits per heavy atom. The van der Waals surface area contributed by atoms with Gasteiger partial charge in [0.05, 0.1) is 13.1 Å². The summed E-state index contributed by atoms with van der Waals surface area (Å²) in [7, 11) is 0. The number of likely N-dealkylation sites (tertiary alicyclic amines) is 1. The van der Waals surface area contributed by atoms with Gasteiger partial charge in [-0.25, -0.2) is 0 Å². The summed E-state index contributed by atoms with van der Waals surface area (Å²) in [6, 6.07) is 5.91. The normalized spacial score (nSPS) is 20.4. The van der Waals surface area contributed by atoms with Crippen LogP contribution in [0.2, 0.25) is 0 Å². The van der Waals surface area contributed by atoms with Gasteiger partial charge in [0.15, 0.2) is 6.61 Å². The Balaban J connectivity index is 1.50. The summed E-state index contributed by atoms with van der Waals surface area (Å²) in [5.41, 5.74) is 1.60. The minimum absolute atomic E-state index is 0.0460. The lowest BCUT2D eigenvalue weighted by Crippen LogP contribution is -2.65. The van der Waals surface area contributed by atoms with E-state index >= 15 is 0 Å². The largest absolute Gasteiger partial charge is 0.484 e. The van der Waals surface area contributed by atoms with Crippen molar-refractivity contribution in [3.05, 3.63) is 29.3 Å². The fraction of sp³-hybridized carbons (Fsp3) is 0.562. The van der Waals surface area contributed by atoms with Crippen molar-refractivity contribution in [1.29, 1.82) is 0 Å². The molecule has 0 aromatic heterocycles.